The molecule has 6 nitrogen and oxygen atoms in total. The molecule has 0 amide bonds. The highest BCUT2D eigenvalue weighted by Crippen LogP contribution is 2.30. The van der Waals surface area contributed by atoms with Crippen molar-refractivity contribution in [1.29, 1.82) is 0 Å². The van der Waals surface area contributed by atoms with Gasteiger partial charge in [-0.25, -0.2) is 4.98 Å². The van der Waals surface area contributed by atoms with E-state index in [1.807, 2.05) is 0 Å². The van der Waals surface area contributed by atoms with E-state index in [2.05, 4.69) is 38.7 Å². The molecule has 96 valence electrons. The molecule has 0 bridgehead atoms. The zero-order valence-electron chi connectivity index (χ0n) is 10.7. The van der Waals surface area contributed by atoms with E-state index in [9.17, 15) is 0 Å². The molecule has 18 heavy (non-hydrogen) atoms. The number of H-pyrrole nitrogens is 1. The third-order valence-electron chi connectivity index (χ3n) is 3.67. The number of hydrogen-bond acceptors (Lipinski definition) is 5. The van der Waals surface area contributed by atoms with Gasteiger partial charge in [0.1, 0.15) is 5.52 Å². The Morgan fingerprint density at radius 3 is 3.00 bits per heavy atom. The molecule has 1 fully saturated rings. The van der Waals surface area contributed by atoms with Gasteiger partial charge in [-0.3, -0.25) is 0 Å². The van der Waals surface area contributed by atoms with Crippen LogP contribution in [0.15, 0.2) is 6.33 Å². The van der Waals surface area contributed by atoms with E-state index in [-0.39, 0.29) is 5.95 Å². The summed E-state index contributed by atoms with van der Waals surface area (Å²) in [5.41, 5.74) is 7.29. The van der Waals surface area contributed by atoms with Crippen molar-refractivity contribution in [2.24, 2.45) is 5.92 Å². The highest BCUT2D eigenvalue weighted by Gasteiger charge is 2.26. The van der Waals surface area contributed by atoms with Gasteiger partial charge in [0, 0.05) is 12.6 Å². The summed E-state index contributed by atoms with van der Waals surface area (Å²) in [6.45, 7) is 5.51. The topological polar surface area (TPSA) is 83.7 Å². The molecule has 2 aromatic heterocycles. The van der Waals surface area contributed by atoms with Crippen LogP contribution < -0.4 is 10.6 Å². The molecule has 1 aliphatic heterocycles. The number of nitrogens with one attached hydrogen (secondary N) is 1. The number of aromatic nitrogens is 4. The predicted octanol–water partition coefficient (Wildman–Crippen LogP) is 1.56. The number of aromatic amines is 1. The van der Waals surface area contributed by atoms with Crippen LogP contribution in [0.1, 0.15) is 26.7 Å². The number of rotatable bonds is 1. The normalized spacial score (nSPS) is 24.7. The van der Waals surface area contributed by atoms with Gasteiger partial charge in [0.15, 0.2) is 11.5 Å². The second kappa shape index (κ2) is 4.12. The molecule has 0 saturated carbocycles. The molecule has 1 saturated heterocycles. The van der Waals surface area contributed by atoms with Gasteiger partial charge in [-0.05, 0) is 25.7 Å². The molecule has 3 heterocycles. The van der Waals surface area contributed by atoms with Crippen molar-refractivity contribution in [3.05, 3.63) is 6.33 Å². The third-order valence-corrected chi connectivity index (χ3v) is 3.67. The van der Waals surface area contributed by atoms with Crippen LogP contribution >= 0.6 is 0 Å². The molecule has 1 aliphatic rings. The summed E-state index contributed by atoms with van der Waals surface area (Å²) in [7, 11) is 0. The largest absolute Gasteiger partial charge is 0.368 e. The van der Waals surface area contributed by atoms with Crippen LogP contribution in [0.2, 0.25) is 0 Å². The molecule has 6 heteroatoms. The second-order valence-corrected chi connectivity index (χ2v) is 5.19. The lowest BCUT2D eigenvalue weighted by Gasteiger charge is -2.37. The van der Waals surface area contributed by atoms with Crippen LogP contribution in [-0.2, 0) is 0 Å². The molecular weight excluding hydrogens is 228 g/mol. The molecule has 0 aliphatic carbocycles. The minimum absolute atomic E-state index is 0.287. The Kier molecular flexibility index (Phi) is 2.57. The van der Waals surface area contributed by atoms with Crippen molar-refractivity contribution in [2.75, 3.05) is 17.2 Å². The van der Waals surface area contributed by atoms with Gasteiger partial charge in [-0.15, -0.1) is 0 Å². The molecule has 0 spiro atoms. The Balaban J connectivity index is 2.09. The standard InChI is InChI=1S/C12H18N6/c1-7-3-4-8(2)18(5-7)11-9-10(15-6-14-9)16-12(13)17-11/h6-8H,3-5H2,1-2H3,(H3,13,14,15,16,17). The van der Waals surface area contributed by atoms with E-state index in [0.29, 0.717) is 17.6 Å². The van der Waals surface area contributed by atoms with Crippen LogP contribution in [-0.4, -0.2) is 32.5 Å². The van der Waals surface area contributed by atoms with Gasteiger partial charge in [0.25, 0.3) is 0 Å². The van der Waals surface area contributed by atoms with Gasteiger partial charge < -0.3 is 15.6 Å². The van der Waals surface area contributed by atoms with Gasteiger partial charge >= 0.3 is 0 Å². The molecule has 0 aromatic carbocycles. The lowest BCUT2D eigenvalue weighted by Crippen LogP contribution is -2.41. The molecule has 3 rings (SSSR count). The fraction of sp³-hybridized carbons (Fsp3) is 0.583. The molecule has 2 atom stereocenters. The van der Waals surface area contributed by atoms with E-state index in [0.717, 1.165) is 17.9 Å². The molecule has 0 radical (unpaired) electrons. The van der Waals surface area contributed by atoms with Crippen molar-refractivity contribution in [1.82, 2.24) is 19.9 Å². The Labute approximate surface area is 106 Å². The van der Waals surface area contributed by atoms with Crippen LogP contribution in [0.5, 0.6) is 0 Å². The average Bonchev–Trinajstić information content (AvgIpc) is 2.79. The minimum Gasteiger partial charge on any atom is -0.368 e. The fourth-order valence-electron chi connectivity index (χ4n) is 2.63. The first-order chi connectivity index (χ1) is 8.65. The predicted molar refractivity (Wildman–Crippen MR) is 71.3 cm³/mol. The molecule has 2 unspecified atom stereocenters. The maximum absolute atomic E-state index is 5.77. The quantitative estimate of drug-likeness (QED) is 0.797. The average molecular weight is 246 g/mol. The number of fused-ring (bicyclic) bond motifs is 1. The Morgan fingerprint density at radius 1 is 1.33 bits per heavy atom. The van der Waals surface area contributed by atoms with Crippen molar-refractivity contribution in [3.8, 4) is 0 Å². The van der Waals surface area contributed by atoms with Crippen molar-refractivity contribution >= 4 is 22.9 Å². The molecular formula is C12H18N6. The van der Waals surface area contributed by atoms with Gasteiger partial charge in [0.2, 0.25) is 5.95 Å². The number of piperidine rings is 1. The van der Waals surface area contributed by atoms with Crippen LogP contribution in [0, 0.1) is 5.92 Å². The summed E-state index contributed by atoms with van der Waals surface area (Å²) >= 11 is 0. The zero-order valence-corrected chi connectivity index (χ0v) is 10.7. The lowest BCUT2D eigenvalue weighted by molar-refractivity contribution is 0.389. The van der Waals surface area contributed by atoms with E-state index in [4.69, 9.17) is 5.73 Å². The monoisotopic (exact) mass is 246 g/mol. The summed E-state index contributed by atoms with van der Waals surface area (Å²) in [4.78, 5) is 18.1. The van der Waals surface area contributed by atoms with E-state index in [1.165, 1.54) is 12.8 Å². The highest BCUT2D eigenvalue weighted by atomic mass is 15.3. The Morgan fingerprint density at radius 2 is 2.17 bits per heavy atom. The smallest absolute Gasteiger partial charge is 0.224 e. The number of anilines is 2. The first kappa shape index (κ1) is 11.3. The SMILES string of the molecule is CC1CCC(C)N(c2nc(N)nc3nc[nH]c23)C1. The maximum Gasteiger partial charge on any atom is 0.224 e. The summed E-state index contributed by atoms with van der Waals surface area (Å²) in [6, 6.07) is 0.474. The maximum atomic E-state index is 5.77. The molecule has 3 N–H and O–H groups in total. The van der Waals surface area contributed by atoms with Crippen molar-refractivity contribution < 1.29 is 0 Å². The molecule has 2 aromatic rings. The van der Waals surface area contributed by atoms with Crippen LogP contribution in [0.3, 0.4) is 0 Å². The third kappa shape index (κ3) is 1.77. The summed E-state index contributed by atoms with van der Waals surface area (Å²) < 4.78 is 0. The zero-order chi connectivity index (χ0) is 12.7. The van der Waals surface area contributed by atoms with Gasteiger partial charge in [-0.1, -0.05) is 6.92 Å². The van der Waals surface area contributed by atoms with E-state index < -0.39 is 0 Å². The Hall–Kier alpha value is -1.85. The second-order valence-electron chi connectivity index (χ2n) is 5.19. The van der Waals surface area contributed by atoms with Gasteiger partial charge in [-0.2, -0.15) is 9.97 Å². The van der Waals surface area contributed by atoms with Gasteiger partial charge in [0.05, 0.1) is 6.33 Å². The van der Waals surface area contributed by atoms with Crippen LogP contribution in [0.4, 0.5) is 11.8 Å². The van der Waals surface area contributed by atoms with Crippen molar-refractivity contribution in [3.63, 3.8) is 0 Å². The number of nitrogens with zero attached hydrogens (tertiary/aromatic N) is 4. The highest BCUT2D eigenvalue weighted by molar-refractivity contribution is 5.84. The summed E-state index contributed by atoms with van der Waals surface area (Å²) in [5, 5.41) is 0. The van der Waals surface area contributed by atoms with Crippen LogP contribution in [0.25, 0.3) is 11.2 Å². The number of nitrogen functional groups attached to an aromatic ring is 1. The number of nitrogens with two attached hydrogens (primary N) is 1. The van der Waals surface area contributed by atoms with Crippen molar-refractivity contribution in [2.45, 2.75) is 32.7 Å². The Bertz CT molecular complexity index is 563. The fourth-order valence-corrected chi connectivity index (χ4v) is 2.63. The lowest BCUT2D eigenvalue weighted by atomic mass is 9.95. The van der Waals surface area contributed by atoms with E-state index >= 15 is 0 Å². The number of hydrogen-bond donors (Lipinski definition) is 2. The summed E-state index contributed by atoms with van der Waals surface area (Å²) in [6.07, 6.45) is 4.09. The summed E-state index contributed by atoms with van der Waals surface area (Å²) in [5.74, 6) is 1.85. The van der Waals surface area contributed by atoms with E-state index in [1.54, 1.807) is 6.33 Å². The minimum atomic E-state index is 0.287. The first-order valence-electron chi connectivity index (χ1n) is 6.38. The first-order valence-corrected chi connectivity index (χ1v) is 6.38. The number of imidazole rings is 1.